The molecule has 0 aromatic heterocycles. The third-order valence-electron chi connectivity index (χ3n) is 2.70. The second-order valence-corrected chi connectivity index (χ2v) is 5.15. The van der Waals surface area contributed by atoms with E-state index >= 15 is 0 Å². The monoisotopic (exact) mass is 411 g/mol. The predicted octanol–water partition coefficient (Wildman–Crippen LogP) is 3.12. The molecule has 0 saturated heterocycles. The van der Waals surface area contributed by atoms with Gasteiger partial charge in [0.2, 0.25) is 0 Å². The normalized spacial score (nSPS) is 11.3. The summed E-state index contributed by atoms with van der Waals surface area (Å²) in [5.74, 6) is 0.907. The molecule has 0 N–H and O–H groups in total. The highest BCUT2D eigenvalue weighted by Crippen LogP contribution is 2.20. The Morgan fingerprint density at radius 1 is 1.25 bits per heavy atom. The number of methoxy groups -OCH3 is 1. The van der Waals surface area contributed by atoms with Gasteiger partial charge in [-0.1, -0.05) is 23.7 Å². The van der Waals surface area contributed by atoms with Crippen molar-refractivity contribution in [3.8, 4) is 0 Å². The third kappa shape index (κ3) is 5.85. The van der Waals surface area contributed by atoms with Gasteiger partial charge in [-0.3, -0.25) is 0 Å². The van der Waals surface area contributed by atoms with E-state index in [9.17, 15) is 0 Å². The molecule has 0 amide bonds. The van der Waals surface area contributed by atoms with Crippen LogP contribution in [0.15, 0.2) is 29.3 Å². The van der Waals surface area contributed by atoms with Crippen LogP contribution in [-0.4, -0.2) is 57.6 Å². The van der Waals surface area contributed by atoms with E-state index in [4.69, 9.17) is 16.3 Å². The van der Waals surface area contributed by atoms with Crippen LogP contribution in [0, 0.1) is 0 Å². The molecule has 20 heavy (non-hydrogen) atoms. The van der Waals surface area contributed by atoms with Crippen molar-refractivity contribution in [3.05, 3.63) is 34.9 Å². The van der Waals surface area contributed by atoms with Crippen LogP contribution >= 0.6 is 35.6 Å². The molecule has 0 saturated carbocycles. The highest BCUT2D eigenvalue weighted by Gasteiger charge is 2.12. The average Bonchev–Trinajstić information content (AvgIpc) is 2.33. The topological polar surface area (TPSA) is 28.1 Å². The fourth-order valence-corrected chi connectivity index (χ4v) is 2.07. The van der Waals surface area contributed by atoms with E-state index in [-0.39, 0.29) is 30.1 Å². The summed E-state index contributed by atoms with van der Waals surface area (Å²) >= 11 is 6.00. The van der Waals surface area contributed by atoms with Gasteiger partial charge in [-0.05, 0) is 17.7 Å². The van der Waals surface area contributed by atoms with Gasteiger partial charge in [-0.15, -0.1) is 24.0 Å². The fraction of sp³-hybridized carbons (Fsp3) is 0.500. The Morgan fingerprint density at radius 2 is 1.85 bits per heavy atom. The van der Waals surface area contributed by atoms with Crippen molar-refractivity contribution >= 4 is 41.5 Å². The first kappa shape index (κ1) is 19.5. The van der Waals surface area contributed by atoms with Crippen LogP contribution in [0.2, 0.25) is 5.02 Å². The molecule has 1 aromatic carbocycles. The van der Waals surface area contributed by atoms with Crippen molar-refractivity contribution in [1.82, 2.24) is 9.80 Å². The van der Waals surface area contributed by atoms with Gasteiger partial charge in [-0.25, -0.2) is 4.99 Å². The largest absolute Gasteiger partial charge is 0.375 e. The number of nitrogens with zero attached hydrogens (tertiary/aromatic N) is 3. The highest BCUT2D eigenvalue weighted by atomic mass is 127. The summed E-state index contributed by atoms with van der Waals surface area (Å²) in [4.78, 5) is 8.55. The first-order valence-electron chi connectivity index (χ1n) is 6.13. The lowest BCUT2D eigenvalue weighted by atomic mass is 10.1. The first-order chi connectivity index (χ1) is 8.95. The number of halogens is 2. The van der Waals surface area contributed by atoms with Crippen LogP contribution in [-0.2, 0) is 4.74 Å². The predicted molar refractivity (Wildman–Crippen MR) is 96.3 cm³/mol. The lowest BCUT2D eigenvalue weighted by molar-refractivity contribution is 0.110. The number of ether oxygens (including phenoxy) is 1. The molecular formula is C14H23ClIN3O. The molecule has 6 heteroatoms. The molecule has 4 nitrogen and oxygen atoms in total. The summed E-state index contributed by atoms with van der Waals surface area (Å²) in [6.07, 6.45) is -0.0893. The fourth-order valence-electron chi connectivity index (χ4n) is 1.87. The smallest absolute Gasteiger partial charge is 0.195 e. The van der Waals surface area contributed by atoms with Crippen LogP contribution < -0.4 is 0 Å². The number of aliphatic imine (C=N–C) groups is 1. The molecule has 1 unspecified atom stereocenters. The average molecular weight is 412 g/mol. The minimum Gasteiger partial charge on any atom is -0.375 e. The Hall–Kier alpha value is -0.530. The molecular weight excluding hydrogens is 389 g/mol. The number of rotatable bonds is 4. The molecule has 0 fully saturated rings. The van der Waals surface area contributed by atoms with Crippen molar-refractivity contribution in [3.63, 3.8) is 0 Å². The summed E-state index contributed by atoms with van der Waals surface area (Å²) < 4.78 is 5.50. The van der Waals surface area contributed by atoms with Gasteiger partial charge >= 0.3 is 0 Å². The third-order valence-corrected chi connectivity index (χ3v) is 2.94. The van der Waals surface area contributed by atoms with Gasteiger partial charge in [0.15, 0.2) is 5.96 Å². The second-order valence-electron chi connectivity index (χ2n) is 4.71. The molecule has 0 radical (unpaired) electrons. The van der Waals surface area contributed by atoms with E-state index in [1.807, 2.05) is 62.3 Å². The maximum Gasteiger partial charge on any atom is 0.195 e. The maximum atomic E-state index is 6.00. The highest BCUT2D eigenvalue weighted by molar-refractivity contribution is 14.0. The molecule has 0 aliphatic carbocycles. The van der Waals surface area contributed by atoms with Gasteiger partial charge in [0, 0.05) is 40.3 Å². The van der Waals surface area contributed by atoms with Gasteiger partial charge in [0.05, 0.1) is 6.54 Å². The lowest BCUT2D eigenvalue weighted by Crippen LogP contribution is -2.35. The van der Waals surface area contributed by atoms with Crippen molar-refractivity contribution in [2.75, 3.05) is 41.8 Å². The van der Waals surface area contributed by atoms with Gasteiger partial charge < -0.3 is 14.5 Å². The van der Waals surface area contributed by atoms with Gasteiger partial charge in [0.1, 0.15) is 6.10 Å². The van der Waals surface area contributed by atoms with Crippen LogP contribution in [0.4, 0.5) is 0 Å². The lowest BCUT2D eigenvalue weighted by Gasteiger charge is -2.23. The Morgan fingerprint density at radius 3 is 2.30 bits per heavy atom. The van der Waals surface area contributed by atoms with Crippen LogP contribution in [0.5, 0.6) is 0 Å². The molecule has 0 aliphatic heterocycles. The SMILES string of the molecule is COC(CN=C(N(C)C)N(C)C)c1cccc(Cl)c1.I. The van der Waals surface area contributed by atoms with Crippen LogP contribution in [0.25, 0.3) is 0 Å². The molecule has 0 aliphatic rings. The molecule has 0 heterocycles. The zero-order valence-corrected chi connectivity index (χ0v) is 15.7. The van der Waals surface area contributed by atoms with Crippen molar-refractivity contribution in [1.29, 1.82) is 0 Å². The zero-order chi connectivity index (χ0) is 14.4. The summed E-state index contributed by atoms with van der Waals surface area (Å²) in [7, 11) is 9.58. The van der Waals surface area contributed by atoms with E-state index in [2.05, 4.69) is 4.99 Å². The Bertz CT molecular complexity index is 428. The Balaban J connectivity index is 0.00000361. The van der Waals surface area contributed by atoms with Crippen molar-refractivity contribution in [2.24, 2.45) is 4.99 Å². The van der Waals surface area contributed by atoms with Gasteiger partial charge in [0.25, 0.3) is 0 Å². The van der Waals surface area contributed by atoms with Crippen LogP contribution in [0.3, 0.4) is 0 Å². The Kier molecular flexibility index (Phi) is 9.16. The maximum absolute atomic E-state index is 6.00. The minimum absolute atomic E-state index is 0. The summed E-state index contributed by atoms with van der Waals surface area (Å²) in [6, 6.07) is 7.69. The van der Waals surface area contributed by atoms with E-state index in [0.29, 0.717) is 11.6 Å². The van der Waals surface area contributed by atoms with Crippen LogP contribution in [0.1, 0.15) is 11.7 Å². The minimum atomic E-state index is -0.0893. The van der Waals surface area contributed by atoms with E-state index in [0.717, 1.165) is 11.5 Å². The van der Waals surface area contributed by atoms with Crippen molar-refractivity contribution < 1.29 is 4.74 Å². The number of guanidine groups is 1. The zero-order valence-electron chi connectivity index (χ0n) is 12.6. The molecule has 1 rings (SSSR count). The summed E-state index contributed by atoms with van der Waals surface area (Å²) in [5.41, 5.74) is 1.04. The molecule has 0 spiro atoms. The number of benzene rings is 1. The molecule has 114 valence electrons. The summed E-state index contributed by atoms with van der Waals surface area (Å²) in [6.45, 7) is 0.558. The molecule has 0 bridgehead atoms. The van der Waals surface area contributed by atoms with E-state index in [1.54, 1.807) is 7.11 Å². The Labute approximate surface area is 143 Å². The first-order valence-corrected chi connectivity index (χ1v) is 6.51. The van der Waals surface area contributed by atoms with E-state index in [1.165, 1.54) is 0 Å². The summed E-state index contributed by atoms with van der Waals surface area (Å²) in [5, 5.41) is 0.712. The standard InChI is InChI=1S/C14H22ClN3O.HI/c1-17(2)14(18(3)4)16-10-13(19-5)11-7-6-8-12(15)9-11;/h6-9,13H,10H2,1-5H3;1H. The van der Waals surface area contributed by atoms with Gasteiger partial charge in [-0.2, -0.15) is 0 Å². The second kappa shape index (κ2) is 9.41. The number of hydrogen-bond acceptors (Lipinski definition) is 2. The number of hydrogen-bond donors (Lipinski definition) is 0. The van der Waals surface area contributed by atoms with Crippen molar-refractivity contribution in [2.45, 2.75) is 6.10 Å². The van der Waals surface area contributed by atoms with E-state index < -0.39 is 0 Å². The molecule has 1 atom stereocenters. The molecule has 1 aromatic rings. The quantitative estimate of drug-likeness (QED) is 0.433.